The molecule has 2 nitrogen and oxygen atoms in total. The first-order chi connectivity index (χ1) is 5.92. The van der Waals surface area contributed by atoms with Crippen molar-refractivity contribution in [2.75, 3.05) is 5.75 Å². The minimum Gasteiger partial charge on any atom is -0.306 e. The first-order valence-electron chi connectivity index (χ1n) is 3.13. The molecule has 0 aromatic carbocycles. The first-order valence-corrected chi connectivity index (χ1v) is 4.40. The van der Waals surface area contributed by atoms with Crippen molar-refractivity contribution in [2.24, 2.45) is 5.41 Å². The molecule has 0 rings (SSSR count). The zero-order chi connectivity index (χ0) is 11.8. The van der Waals surface area contributed by atoms with Gasteiger partial charge in [-0.25, -0.2) is 4.21 Å². The number of hydrogen-bond acceptors (Lipinski definition) is 1. The Bertz CT molecular complexity index is 217. The van der Waals surface area contributed by atoms with Gasteiger partial charge >= 0.3 is 12.4 Å². The third-order valence-electron chi connectivity index (χ3n) is 1.66. The fourth-order valence-electron chi connectivity index (χ4n) is 0.571. The van der Waals surface area contributed by atoms with Crippen LogP contribution in [-0.4, -0.2) is 26.9 Å². The fraction of sp³-hybridized carbons (Fsp3) is 1.00. The Labute approximate surface area is 77.6 Å². The van der Waals surface area contributed by atoms with Crippen molar-refractivity contribution < 1.29 is 35.1 Å². The van der Waals surface area contributed by atoms with Crippen LogP contribution in [0.2, 0.25) is 0 Å². The lowest BCUT2D eigenvalue weighted by molar-refractivity contribution is -0.325. The van der Waals surface area contributed by atoms with Crippen LogP contribution in [0.1, 0.15) is 6.92 Å². The van der Waals surface area contributed by atoms with Crippen LogP contribution >= 0.6 is 0 Å². The summed E-state index contributed by atoms with van der Waals surface area (Å²) in [6, 6.07) is 0. The zero-order valence-electron chi connectivity index (χ0n) is 6.74. The van der Waals surface area contributed by atoms with Gasteiger partial charge < -0.3 is 4.55 Å². The highest BCUT2D eigenvalue weighted by molar-refractivity contribution is 7.79. The van der Waals surface area contributed by atoms with Gasteiger partial charge in [0.2, 0.25) is 0 Å². The molecule has 1 N–H and O–H groups in total. The van der Waals surface area contributed by atoms with Crippen molar-refractivity contribution in [2.45, 2.75) is 19.3 Å². The maximum absolute atomic E-state index is 12.0. The van der Waals surface area contributed by atoms with Gasteiger partial charge in [0.25, 0.3) is 0 Å². The van der Waals surface area contributed by atoms with Gasteiger partial charge in [-0.05, 0) is 6.92 Å². The van der Waals surface area contributed by atoms with Gasteiger partial charge in [0, 0.05) is 0 Å². The van der Waals surface area contributed by atoms with E-state index in [1.807, 2.05) is 0 Å². The summed E-state index contributed by atoms with van der Waals surface area (Å²) in [4.78, 5) is 0. The molecule has 0 bridgehead atoms. The molecule has 1 unspecified atom stereocenters. The molecule has 0 fully saturated rings. The van der Waals surface area contributed by atoms with E-state index in [9.17, 15) is 30.6 Å². The fourth-order valence-corrected chi connectivity index (χ4v) is 1.39. The van der Waals surface area contributed by atoms with E-state index in [0.717, 1.165) is 0 Å². The van der Waals surface area contributed by atoms with Gasteiger partial charge in [-0.1, -0.05) is 0 Å². The summed E-state index contributed by atoms with van der Waals surface area (Å²) < 4.78 is 90.1. The maximum atomic E-state index is 12.0. The second-order valence-electron chi connectivity index (χ2n) is 2.79. The quantitative estimate of drug-likeness (QED) is 0.598. The van der Waals surface area contributed by atoms with Crippen LogP contribution < -0.4 is 0 Å². The highest BCUT2D eigenvalue weighted by atomic mass is 32.2. The van der Waals surface area contributed by atoms with Gasteiger partial charge in [0.15, 0.2) is 16.5 Å². The van der Waals surface area contributed by atoms with Crippen molar-refractivity contribution in [3.05, 3.63) is 0 Å². The van der Waals surface area contributed by atoms with E-state index in [2.05, 4.69) is 0 Å². The summed E-state index contributed by atoms with van der Waals surface area (Å²) in [7, 11) is 0. The minimum atomic E-state index is -5.61. The molecule has 0 aromatic heterocycles. The summed E-state index contributed by atoms with van der Waals surface area (Å²) in [6.07, 6.45) is -11.2. The molecule has 14 heavy (non-hydrogen) atoms. The van der Waals surface area contributed by atoms with Crippen LogP contribution in [0.4, 0.5) is 26.3 Å². The molecule has 0 aromatic rings. The molecule has 0 saturated heterocycles. The summed E-state index contributed by atoms with van der Waals surface area (Å²) in [5.74, 6) is -1.92. The van der Waals surface area contributed by atoms with Crippen molar-refractivity contribution in [3.8, 4) is 0 Å². The van der Waals surface area contributed by atoms with Gasteiger partial charge in [-0.2, -0.15) is 26.3 Å². The molecule has 0 aliphatic heterocycles. The van der Waals surface area contributed by atoms with Gasteiger partial charge in [0.1, 0.15) is 0 Å². The maximum Gasteiger partial charge on any atom is 0.403 e. The Hall–Kier alpha value is -0.310. The van der Waals surface area contributed by atoms with Crippen molar-refractivity contribution in [1.82, 2.24) is 0 Å². The van der Waals surface area contributed by atoms with E-state index in [1.165, 1.54) is 0 Å². The molecule has 86 valence electrons. The molecular weight excluding hydrogens is 238 g/mol. The van der Waals surface area contributed by atoms with E-state index in [-0.39, 0.29) is 6.92 Å². The number of hydrogen-bond donors (Lipinski definition) is 1. The Kier molecular flexibility index (Phi) is 3.60. The topological polar surface area (TPSA) is 37.3 Å². The first kappa shape index (κ1) is 13.7. The summed E-state index contributed by atoms with van der Waals surface area (Å²) in [5, 5.41) is 0. The highest BCUT2D eigenvalue weighted by Crippen LogP contribution is 2.50. The molecule has 1 atom stereocenters. The molecule has 0 spiro atoms. The van der Waals surface area contributed by atoms with E-state index in [1.54, 1.807) is 0 Å². The predicted octanol–water partition coefficient (Wildman–Crippen LogP) is 2.34. The Morgan fingerprint density at radius 2 is 1.36 bits per heavy atom. The van der Waals surface area contributed by atoms with Gasteiger partial charge in [-0.15, -0.1) is 0 Å². The molecule has 0 heterocycles. The molecule has 0 radical (unpaired) electrons. The lowest BCUT2D eigenvalue weighted by Gasteiger charge is -2.32. The van der Waals surface area contributed by atoms with E-state index >= 15 is 0 Å². The number of halogens is 6. The van der Waals surface area contributed by atoms with Crippen LogP contribution in [0.15, 0.2) is 0 Å². The lowest BCUT2D eigenvalue weighted by Crippen LogP contribution is -2.51. The third-order valence-corrected chi connectivity index (χ3v) is 2.49. The molecule has 9 heteroatoms. The second-order valence-corrected chi connectivity index (χ2v) is 3.73. The largest absolute Gasteiger partial charge is 0.403 e. The molecule has 0 aliphatic carbocycles. The van der Waals surface area contributed by atoms with E-state index in [4.69, 9.17) is 4.55 Å². The van der Waals surface area contributed by atoms with Crippen LogP contribution in [-0.2, 0) is 11.1 Å². The summed E-state index contributed by atoms with van der Waals surface area (Å²) in [6.45, 7) is -0.152. The number of alkyl halides is 6. The van der Waals surface area contributed by atoms with E-state index < -0.39 is 34.6 Å². The molecule has 0 amide bonds. The standard InChI is InChI=1S/C5H6F6O2S/c1-3(2-14(12)13,4(6,7)8)5(9,10)11/h2H2,1H3,(H,12,13). The molecule has 0 aliphatic rings. The second kappa shape index (κ2) is 3.69. The monoisotopic (exact) mass is 244 g/mol. The van der Waals surface area contributed by atoms with Crippen LogP contribution in [0.3, 0.4) is 0 Å². The average Bonchev–Trinajstić information content (AvgIpc) is 1.79. The summed E-state index contributed by atoms with van der Waals surface area (Å²) >= 11 is -3.17. The van der Waals surface area contributed by atoms with Gasteiger partial charge in [-0.3, -0.25) is 0 Å². The Morgan fingerprint density at radius 3 is 1.43 bits per heavy atom. The van der Waals surface area contributed by atoms with E-state index in [0.29, 0.717) is 0 Å². The highest BCUT2D eigenvalue weighted by Gasteiger charge is 2.68. The Balaban J connectivity index is 5.18. The summed E-state index contributed by atoms with van der Waals surface area (Å²) in [5.41, 5.74) is -4.15. The van der Waals surface area contributed by atoms with Crippen molar-refractivity contribution in [1.29, 1.82) is 0 Å². The van der Waals surface area contributed by atoms with Gasteiger partial charge in [0.05, 0.1) is 5.75 Å². The van der Waals surface area contributed by atoms with Crippen LogP contribution in [0.25, 0.3) is 0 Å². The normalized spacial score (nSPS) is 16.9. The molecule has 0 saturated carbocycles. The van der Waals surface area contributed by atoms with Crippen LogP contribution in [0.5, 0.6) is 0 Å². The Morgan fingerprint density at radius 1 is 1.07 bits per heavy atom. The smallest absolute Gasteiger partial charge is 0.306 e. The van der Waals surface area contributed by atoms with Crippen molar-refractivity contribution in [3.63, 3.8) is 0 Å². The average molecular weight is 244 g/mol. The molecular formula is C5H6F6O2S. The zero-order valence-corrected chi connectivity index (χ0v) is 7.56. The number of rotatable bonds is 2. The minimum absolute atomic E-state index is 0.152. The lowest BCUT2D eigenvalue weighted by atomic mass is 9.92. The van der Waals surface area contributed by atoms with Crippen LogP contribution in [0, 0.1) is 5.41 Å². The SMILES string of the molecule is CC(CS(=O)O)(C(F)(F)F)C(F)(F)F. The predicted molar refractivity (Wildman–Crippen MR) is 35.9 cm³/mol. The third kappa shape index (κ3) is 2.59. The van der Waals surface area contributed by atoms with Crippen molar-refractivity contribution >= 4 is 11.1 Å².